The predicted octanol–water partition coefficient (Wildman–Crippen LogP) is 2.81. The average Bonchev–Trinajstić information content (AvgIpc) is 2.69. The Kier molecular flexibility index (Phi) is 6.20. The van der Waals surface area contributed by atoms with E-state index in [0.717, 1.165) is 31.4 Å². The summed E-state index contributed by atoms with van der Waals surface area (Å²) in [6, 6.07) is 9.55. The second kappa shape index (κ2) is 8.78. The molecule has 0 amide bonds. The smallest absolute Gasteiger partial charge is 0.330 e. The molecule has 27 heavy (non-hydrogen) atoms. The van der Waals surface area contributed by atoms with Crippen molar-refractivity contribution in [3.05, 3.63) is 30.0 Å². The van der Waals surface area contributed by atoms with E-state index in [1.165, 1.54) is 13.5 Å². The first-order valence-electron chi connectivity index (χ1n) is 9.24. The van der Waals surface area contributed by atoms with Crippen molar-refractivity contribution < 1.29 is 14.3 Å². The number of fused-ring (bicyclic) bond motifs is 1. The summed E-state index contributed by atoms with van der Waals surface area (Å²) in [5, 5.41) is 9.72. The number of para-hydroxylation sites is 2. The van der Waals surface area contributed by atoms with Crippen molar-refractivity contribution in [3.8, 4) is 6.07 Å². The summed E-state index contributed by atoms with van der Waals surface area (Å²) in [4.78, 5) is 24.1. The molecule has 7 heteroatoms. The van der Waals surface area contributed by atoms with Crippen molar-refractivity contribution in [2.75, 3.05) is 31.7 Å². The molecule has 0 radical (unpaired) electrons. The molecule has 1 aliphatic heterocycles. The number of benzene rings is 1. The van der Waals surface area contributed by atoms with Crippen LogP contribution >= 0.6 is 0 Å². The summed E-state index contributed by atoms with van der Waals surface area (Å²) in [7, 11) is 1.54. The molecule has 0 aliphatic carbocycles. The first-order valence-corrected chi connectivity index (χ1v) is 9.24. The largest absolute Gasteiger partial charge is 0.459 e. The Labute approximate surface area is 158 Å². The van der Waals surface area contributed by atoms with Crippen molar-refractivity contribution in [1.29, 1.82) is 5.26 Å². The fourth-order valence-corrected chi connectivity index (χ4v) is 3.30. The number of hydrogen-bond acceptors (Lipinski definition) is 7. The summed E-state index contributed by atoms with van der Waals surface area (Å²) in [5.41, 5.74) is 1.78. The van der Waals surface area contributed by atoms with Crippen molar-refractivity contribution >= 4 is 22.8 Å². The number of anilines is 1. The van der Waals surface area contributed by atoms with Gasteiger partial charge < -0.3 is 14.4 Å². The molecule has 2 atom stereocenters. The fraction of sp³-hybridized carbons (Fsp3) is 0.500. The third kappa shape index (κ3) is 4.34. The van der Waals surface area contributed by atoms with Gasteiger partial charge in [0, 0.05) is 20.2 Å². The monoisotopic (exact) mass is 368 g/mol. The predicted molar refractivity (Wildman–Crippen MR) is 101 cm³/mol. The van der Waals surface area contributed by atoms with Gasteiger partial charge in [-0.25, -0.2) is 9.97 Å². The van der Waals surface area contributed by atoms with E-state index in [1.807, 2.05) is 24.3 Å². The van der Waals surface area contributed by atoms with Crippen LogP contribution in [0.15, 0.2) is 24.3 Å². The standard InChI is InChI=1S/C20H24N4O3/c1-14(13-26-2)27-20(25)15(12-21)18-19(24-10-6-3-7-11-24)23-17-9-5-4-8-16(17)22-18/h4-5,8-9,14-15H,3,6-7,10-11,13H2,1-2H3. The Hall–Kier alpha value is -2.72. The quantitative estimate of drug-likeness (QED) is 0.724. The van der Waals surface area contributed by atoms with Gasteiger partial charge >= 0.3 is 5.97 Å². The van der Waals surface area contributed by atoms with Gasteiger partial charge in [-0.2, -0.15) is 5.26 Å². The van der Waals surface area contributed by atoms with Gasteiger partial charge in [-0.1, -0.05) is 12.1 Å². The molecule has 7 nitrogen and oxygen atoms in total. The van der Waals surface area contributed by atoms with Crippen LogP contribution in [0, 0.1) is 11.3 Å². The number of carbonyl (C=O) groups excluding carboxylic acids is 1. The minimum Gasteiger partial charge on any atom is -0.459 e. The topological polar surface area (TPSA) is 88.3 Å². The van der Waals surface area contributed by atoms with E-state index in [2.05, 4.69) is 16.0 Å². The molecular weight excluding hydrogens is 344 g/mol. The maximum atomic E-state index is 12.6. The zero-order chi connectivity index (χ0) is 19.2. The van der Waals surface area contributed by atoms with Crippen LogP contribution in [-0.4, -0.2) is 48.8 Å². The molecule has 0 spiro atoms. The molecule has 142 valence electrons. The maximum Gasteiger partial charge on any atom is 0.330 e. The molecule has 1 saturated heterocycles. The number of aromatic nitrogens is 2. The highest BCUT2D eigenvalue weighted by atomic mass is 16.6. The highest BCUT2D eigenvalue weighted by Crippen LogP contribution is 2.29. The van der Waals surface area contributed by atoms with E-state index in [9.17, 15) is 10.1 Å². The minimum absolute atomic E-state index is 0.270. The Morgan fingerprint density at radius 1 is 1.22 bits per heavy atom. The minimum atomic E-state index is -1.13. The lowest BCUT2D eigenvalue weighted by atomic mass is 10.0. The SMILES string of the molecule is COCC(C)OC(=O)C(C#N)c1nc2ccccc2nc1N1CCCCC1. The first-order chi connectivity index (χ1) is 13.1. The third-order valence-corrected chi connectivity index (χ3v) is 4.59. The number of esters is 1. The van der Waals surface area contributed by atoms with Gasteiger partial charge in [-0.05, 0) is 38.3 Å². The number of piperidine rings is 1. The van der Waals surface area contributed by atoms with Crippen LogP contribution in [0.3, 0.4) is 0 Å². The van der Waals surface area contributed by atoms with Crippen LogP contribution in [0.2, 0.25) is 0 Å². The van der Waals surface area contributed by atoms with Gasteiger partial charge in [-0.3, -0.25) is 4.79 Å². The molecular formula is C20H24N4O3. The van der Waals surface area contributed by atoms with Crippen LogP contribution < -0.4 is 4.90 Å². The number of methoxy groups -OCH3 is 1. The summed E-state index contributed by atoms with van der Waals surface area (Å²) in [6.07, 6.45) is 2.84. The Balaban J connectivity index is 2.01. The Bertz CT molecular complexity index is 843. The number of nitriles is 1. The molecule has 3 rings (SSSR count). The molecule has 0 N–H and O–H groups in total. The third-order valence-electron chi connectivity index (χ3n) is 4.59. The number of nitrogens with zero attached hydrogens (tertiary/aromatic N) is 4. The average molecular weight is 368 g/mol. The molecule has 2 unspecified atom stereocenters. The molecule has 1 fully saturated rings. The van der Waals surface area contributed by atoms with Gasteiger partial charge in [0.2, 0.25) is 0 Å². The maximum absolute atomic E-state index is 12.6. The van der Waals surface area contributed by atoms with Gasteiger partial charge in [-0.15, -0.1) is 0 Å². The fourth-order valence-electron chi connectivity index (χ4n) is 3.30. The van der Waals surface area contributed by atoms with Crippen molar-refractivity contribution in [1.82, 2.24) is 9.97 Å². The molecule has 1 aromatic carbocycles. The highest BCUT2D eigenvalue weighted by Gasteiger charge is 2.31. The number of rotatable bonds is 6. The summed E-state index contributed by atoms with van der Waals surface area (Å²) in [6.45, 7) is 3.68. The van der Waals surface area contributed by atoms with E-state index < -0.39 is 18.0 Å². The lowest BCUT2D eigenvalue weighted by molar-refractivity contribution is -0.150. The van der Waals surface area contributed by atoms with E-state index in [1.54, 1.807) is 6.92 Å². The van der Waals surface area contributed by atoms with Crippen molar-refractivity contribution in [2.24, 2.45) is 0 Å². The van der Waals surface area contributed by atoms with Crippen molar-refractivity contribution in [3.63, 3.8) is 0 Å². The zero-order valence-corrected chi connectivity index (χ0v) is 15.7. The highest BCUT2D eigenvalue weighted by molar-refractivity contribution is 5.85. The van der Waals surface area contributed by atoms with Crippen LogP contribution in [0.1, 0.15) is 37.8 Å². The summed E-state index contributed by atoms with van der Waals surface area (Å²) in [5.74, 6) is -1.14. The second-order valence-electron chi connectivity index (χ2n) is 6.73. The van der Waals surface area contributed by atoms with E-state index in [4.69, 9.17) is 14.5 Å². The Morgan fingerprint density at radius 3 is 2.52 bits per heavy atom. The van der Waals surface area contributed by atoms with E-state index in [0.29, 0.717) is 17.0 Å². The first kappa shape index (κ1) is 19.1. The number of carbonyl (C=O) groups is 1. The normalized spacial score (nSPS) is 16.6. The summed E-state index contributed by atoms with van der Waals surface area (Å²) < 4.78 is 10.4. The molecule has 0 saturated carbocycles. The molecule has 0 bridgehead atoms. The van der Waals surface area contributed by atoms with E-state index in [-0.39, 0.29) is 6.61 Å². The van der Waals surface area contributed by atoms with E-state index >= 15 is 0 Å². The lowest BCUT2D eigenvalue weighted by Gasteiger charge is -2.30. The molecule has 1 aliphatic rings. The van der Waals surface area contributed by atoms with Gasteiger partial charge in [0.05, 0.1) is 23.7 Å². The van der Waals surface area contributed by atoms with Crippen LogP contribution in [0.25, 0.3) is 11.0 Å². The van der Waals surface area contributed by atoms with Crippen LogP contribution in [0.4, 0.5) is 5.82 Å². The molecule has 2 aromatic rings. The number of hydrogen-bond donors (Lipinski definition) is 0. The van der Waals surface area contributed by atoms with Gasteiger partial charge in [0.25, 0.3) is 0 Å². The summed E-state index contributed by atoms with van der Waals surface area (Å²) >= 11 is 0. The lowest BCUT2D eigenvalue weighted by Crippen LogP contribution is -2.33. The van der Waals surface area contributed by atoms with Crippen molar-refractivity contribution in [2.45, 2.75) is 38.2 Å². The second-order valence-corrected chi connectivity index (χ2v) is 6.73. The Morgan fingerprint density at radius 2 is 1.89 bits per heavy atom. The van der Waals surface area contributed by atoms with Gasteiger partial charge in [0.1, 0.15) is 11.8 Å². The number of ether oxygens (including phenoxy) is 2. The molecule has 1 aromatic heterocycles. The zero-order valence-electron chi connectivity index (χ0n) is 15.7. The van der Waals surface area contributed by atoms with Gasteiger partial charge in [0.15, 0.2) is 11.7 Å². The van der Waals surface area contributed by atoms with Crippen LogP contribution in [0.5, 0.6) is 0 Å². The molecule has 2 heterocycles. The van der Waals surface area contributed by atoms with Crippen LogP contribution in [-0.2, 0) is 14.3 Å².